The van der Waals surface area contributed by atoms with Crippen molar-refractivity contribution in [2.75, 3.05) is 0 Å². The number of Topliss-reactive ketones (excluding diaryl/α,β-unsaturated/α-hetero) is 1. The first-order valence-corrected chi connectivity index (χ1v) is 7.09. The zero-order valence-electron chi connectivity index (χ0n) is 10.8. The molecule has 1 N–H and O–H groups in total. The predicted octanol–water partition coefficient (Wildman–Crippen LogP) is 2.80. The van der Waals surface area contributed by atoms with Crippen LogP contribution in [-0.4, -0.2) is 16.9 Å². The number of carbonyl (C=O) groups is 2. The number of hydrogen-bond donors (Lipinski definition) is 1. The molecule has 3 heteroatoms. The van der Waals surface area contributed by atoms with Gasteiger partial charge in [-0.05, 0) is 37.5 Å². The predicted molar refractivity (Wildman–Crippen MR) is 67.0 cm³/mol. The van der Waals surface area contributed by atoms with Crippen molar-refractivity contribution in [1.29, 1.82) is 0 Å². The molecule has 0 amide bonds. The number of carbonyl (C=O) groups excluding carboxylic acids is 1. The Labute approximate surface area is 107 Å². The third-order valence-corrected chi connectivity index (χ3v) is 5.35. The second kappa shape index (κ2) is 4.22. The minimum absolute atomic E-state index is 0.137. The summed E-state index contributed by atoms with van der Waals surface area (Å²) in [5.74, 6) is 0.765. The molecule has 3 fully saturated rings. The van der Waals surface area contributed by atoms with E-state index >= 15 is 0 Å². The van der Waals surface area contributed by atoms with Crippen LogP contribution in [0.4, 0.5) is 0 Å². The van der Waals surface area contributed by atoms with Crippen LogP contribution in [0, 0.1) is 23.7 Å². The Morgan fingerprint density at radius 3 is 2.33 bits per heavy atom. The van der Waals surface area contributed by atoms with Crippen LogP contribution in [0.15, 0.2) is 11.1 Å². The summed E-state index contributed by atoms with van der Waals surface area (Å²) in [5.41, 5.74) is 0.976. The van der Waals surface area contributed by atoms with Crippen LogP contribution in [0.2, 0.25) is 0 Å². The highest BCUT2D eigenvalue weighted by atomic mass is 16.4. The Morgan fingerprint density at radius 2 is 1.72 bits per heavy atom. The molecule has 0 aliphatic heterocycles. The number of rotatable bonds is 1. The molecule has 0 spiro atoms. The summed E-state index contributed by atoms with van der Waals surface area (Å²) >= 11 is 0. The molecule has 3 nitrogen and oxygen atoms in total. The number of carboxylic acid groups (broad SMARTS) is 1. The van der Waals surface area contributed by atoms with Gasteiger partial charge in [0.25, 0.3) is 0 Å². The lowest BCUT2D eigenvalue weighted by Crippen LogP contribution is -2.33. The Hall–Kier alpha value is -1.12. The van der Waals surface area contributed by atoms with Crippen LogP contribution in [0.1, 0.15) is 45.4 Å². The van der Waals surface area contributed by atoms with Crippen LogP contribution < -0.4 is 0 Å². The largest absolute Gasteiger partial charge is 0.478 e. The van der Waals surface area contributed by atoms with Crippen LogP contribution in [0.3, 0.4) is 0 Å². The minimum Gasteiger partial charge on any atom is -0.478 e. The molecule has 98 valence electrons. The maximum Gasteiger partial charge on any atom is 0.331 e. The van der Waals surface area contributed by atoms with Crippen molar-refractivity contribution in [3.63, 3.8) is 0 Å². The van der Waals surface area contributed by atoms with Gasteiger partial charge in [0.1, 0.15) is 0 Å². The molecule has 0 bridgehead atoms. The molecule has 3 rings (SSSR count). The van der Waals surface area contributed by atoms with Crippen molar-refractivity contribution in [2.24, 2.45) is 23.7 Å². The van der Waals surface area contributed by atoms with Gasteiger partial charge in [-0.2, -0.15) is 0 Å². The van der Waals surface area contributed by atoms with Gasteiger partial charge >= 0.3 is 5.97 Å². The molecular weight excluding hydrogens is 228 g/mol. The topological polar surface area (TPSA) is 54.4 Å². The number of ketones is 1. The number of allylic oxidation sites excluding steroid dienone is 1. The van der Waals surface area contributed by atoms with Crippen LogP contribution >= 0.6 is 0 Å². The molecular formula is C15H20O3. The second-order valence-electron chi connectivity index (χ2n) is 6.12. The first-order chi connectivity index (χ1) is 8.61. The fraction of sp³-hybridized carbons (Fsp3) is 0.733. The van der Waals surface area contributed by atoms with Gasteiger partial charge in [-0.15, -0.1) is 0 Å². The number of aliphatic carboxylic acids is 1. The van der Waals surface area contributed by atoms with E-state index in [9.17, 15) is 14.7 Å². The molecule has 3 aliphatic carbocycles. The van der Waals surface area contributed by atoms with Gasteiger partial charge in [0.05, 0.1) is 0 Å². The maximum atomic E-state index is 12.5. The van der Waals surface area contributed by atoms with Crippen molar-refractivity contribution in [3.8, 4) is 0 Å². The zero-order chi connectivity index (χ0) is 12.9. The average Bonchev–Trinajstić information content (AvgIpc) is 2.65. The van der Waals surface area contributed by atoms with E-state index in [1.54, 1.807) is 6.92 Å². The lowest BCUT2D eigenvalue weighted by molar-refractivity contribution is -0.133. The van der Waals surface area contributed by atoms with Crippen molar-refractivity contribution < 1.29 is 14.7 Å². The maximum absolute atomic E-state index is 12.5. The fourth-order valence-corrected chi connectivity index (χ4v) is 4.65. The second-order valence-corrected chi connectivity index (χ2v) is 6.12. The quantitative estimate of drug-likeness (QED) is 0.726. The molecule has 4 unspecified atom stereocenters. The van der Waals surface area contributed by atoms with Crippen molar-refractivity contribution in [3.05, 3.63) is 11.1 Å². The molecule has 0 aromatic heterocycles. The molecule has 4 atom stereocenters. The molecule has 3 saturated carbocycles. The summed E-state index contributed by atoms with van der Waals surface area (Å²) in [6.07, 6.45) is 6.77. The number of hydrogen-bond acceptors (Lipinski definition) is 2. The van der Waals surface area contributed by atoms with E-state index in [0.717, 1.165) is 25.7 Å². The summed E-state index contributed by atoms with van der Waals surface area (Å²) in [7, 11) is 0. The van der Waals surface area contributed by atoms with Crippen molar-refractivity contribution in [1.82, 2.24) is 0 Å². The Balaban J connectivity index is 2.05. The first kappa shape index (κ1) is 11.9. The van der Waals surface area contributed by atoms with E-state index in [-0.39, 0.29) is 17.6 Å². The van der Waals surface area contributed by atoms with E-state index in [4.69, 9.17) is 0 Å². The lowest BCUT2D eigenvalue weighted by Gasteiger charge is -2.39. The third-order valence-electron chi connectivity index (χ3n) is 5.35. The van der Waals surface area contributed by atoms with E-state index in [0.29, 0.717) is 23.0 Å². The van der Waals surface area contributed by atoms with Gasteiger partial charge in [-0.3, -0.25) is 4.79 Å². The summed E-state index contributed by atoms with van der Waals surface area (Å²) < 4.78 is 0. The minimum atomic E-state index is -0.917. The first-order valence-electron chi connectivity index (χ1n) is 7.09. The van der Waals surface area contributed by atoms with E-state index < -0.39 is 5.97 Å². The highest BCUT2D eigenvalue weighted by molar-refractivity contribution is 6.06. The van der Waals surface area contributed by atoms with E-state index in [1.165, 1.54) is 12.8 Å². The van der Waals surface area contributed by atoms with Crippen LogP contribution in [0.5, 0.6) is 0 Å². The van der Waals surface area contributed by atoms with Crippen molar-refractivity contribution >= 4 is 11.8 Å². The van der Waals surface area contributed by atoms with Gasteiger partial charge in [0, 0.05) is 17.1 Å². The summed E-state index contributed by atoms with van der Waals surface area (Å²) in [4.78, 5) is 23.7. The fourth-order valence-electron chi connectivity index (χ4n) is 4.65. The molecule has 0 radical (unpaired) electrons. The highest BCUT2D eigenvalue weighted by Crippen LogP contribution is 2.55. The lowest BCUT2D eigenvalue weighted by atomic mass is 9.64. The standard InChI is InChI=1S/C15H20O3/c1-8(15(17)18)12-10-6-2-4-9-5-3-7-11(13(9)10)14(12)16/h9-11,13H,2-7H2,1H3,(H,17,18). The smallest absolute Gasteiger partial charge is 0.331 e. The summed E-state index contributed by atoms with van der Waals surface area (Å²) in [5, 5.41) is 9.18. The van der Waals surface area contributed by atoms with Gasteiger partial charge in [-0.1, -0.05) is 25.7 Å². The average molecular weight is 248 g/mol. The Bertz CT molecular complexity index is 433. The monoisotopic (exact) mass is 248 g/mol. The normalized spacial score (nSPS) is 41.5. The molecule has 18 heavy (non-hydrogen) atoms. The number of carboxylic acids is 1. The molecule has 0 aromatic rings. The summed E-state index contributed by atoms with van der Waals surface area (Å²) in [6.45, 7) is 1.61. The SMILES string of the molecule is CC(C(=O)O)=C1C(=O)C2CCCC3CCCC1C32. The van der Waals surface area contributed by atoms with Crippen LogP contribution in [0.25, 0.3) is 0 Å². The zero-order valence-corrected chi connectivity index (χ0v) is 10.8. The third kappa shape index (κ3) is 1.56. The molecule has 0 aromatic carbocycles. The Kier molecular flexibility index (Phi) is 2.80. The summed E-state index contributed by atoms with van der Waals surface area (Å²) in [6, 6.07) is 0. The van der Waals surface area contributed by atoms with Gasteiger partial charge in [0.2, 0.25) is 0 Å². The van der Waals surface area contributed by atoms with Gasteiger partial charge < -0.3 is 5.11 Å². The van der Waals surface area contributed by atoms with Crippen molar-refractivity contribution in [2.45, 2.75) is 45.4 Å². The van der Waals surface area contributed by atoms with Crippen LogP contribution in [-0.2, 0) is 9.59 Å². The van der Waals surface area contributed by atoms with Gasteiger partial charge in [0.15, 0.2) is 5.78 Å². The highest BCUT2D eigenvalue weighted by Gasteiger charge is 2.52. The molecule has 0 saturated heterocycles. The van der Waals surface area contributed by atoms with E-state index in [1.807, 2.05) is 0 Å². The van der Waals surface area contributed by atoms with E-state index in [2.05, 4.69) is 0 Å². The molecule has 3 aliphatic rings. The Morgan fingerprint density at radius 1 is 1.11 bits per heavy atom. The molecule has 0 heterocycles. The van der Waals surface area contributed by atoms with Gasteiger partial charge in [-0.25, -0.2) is 4.79 Å².